The van der Waals surface area contributed by atoms with E-state index in [9.17, 15) is 13.2 Å². The molecule has 1 rings (SSSR count). The molecular formula is C7H12N2O4S. The summed E-state index contributed by atoms with van der Waals surface area (Å²) in [7, 11) is -4.37. The third kappa shape index (κ3) is 2.57. The highest BCUT2D eigenvalue weighted by Gasteiger charge is 2.29. The van der Waals surface area contributed by atoms with Crippen LogP contribution >= 0.6 is 0 Å². The van der Waals surface area contributed by atoms with Gasteiger partial charge in [0.25, 0.3) is 10.1 Å². The van der Waals surface area contributed by atoms with E-state index in [0.717, 1.165) is 6.08 Å². The fraction of sp³-hybridized carbons (Fsp3) is 0.286. The Morgan fingerprint density at radius 1 is 1.57 bits per heavy atom. The molecule has 6 nitrogen and oxygen atoms in total. The van der Waals surface area contributed by atoms with Crippen LogP contribution in [0.5, 0.6) is 0 Å². The van der Waals surface area contributed by atoms with Crippen molar-refractivity contribution in [2.75, 3.05) is 0 Å². The number of nitrogens with one attached hydrogen (secondary N) is 1. The van der Waals surface area contributed by atoms with E-state index < -0.39 is 27.0 Å². The monoisotopic (exact) mass is 220 g/mol. The second-order valence-corrected chi connectivity index (χ2v) is 3.83. The summed E-state index contributed by atoms with van der Waals surface area (Å²) in [5.74, 6) is -0.867. The Morgan fingerprint density at radius 2 is 2.14 bits per heavy atom. The van der Waals surface area contributed by atoms with E-state index in [4.69, 9.17) is 10.3 Å². The van der Waals surface area contributed by atoms with Crippen LogP contribution in [0.4, 0.5) is 0 Å². The standard InChI is InChI=1S/C6H8N2O4S.CH4/c7-6(9)5-4(13(10,11)12)2-1-3-8-5;/h1-3,5,8H,(H2,7,9)(H,10,11,12);1H4. The van der Waals surface area contributed by atoms with Crippen LogP contribution in [0.25, 0.3) is 0 Å². The highest BCUT2D eigenvalue weighted by molar-refractivity contribution is 7.89. The maximum Gasteiger partial charge on any atom is 0.293 e. The molecule has 1 unspecified atom stereocenters. The zero-order valence-electron chi connectivity index (χ0n) is 6.47. The van der Waals surface area contributed by atoms with Crippen molar-refractivity contribution in [3.8, 4) is 0 Å². The average Bonchev–Trinajstić information content (AvgIpc) is 2.03. The molecule has 0 aromatic heterocycles. The van der Waals surface area contributed by atoms with Crippen LogP contribution in [-0.2, 0) is 14.9 Å². The van der Waals surface area contributed by atoms with Crippen LogP contribution in [-0.4, -0.2) is 24.9 Å². The number of hydrogen-bond acceptors (Lipinski definition) is 4. The minimum atomic E-state index is -4.37. The first-order chi connectivity index (χ1) is 5.93. The number of hydrogen-bond donors (Lipinski definition) is 3. The van der Waals surface area contributed by atoms with Crippen LogP contribution in [0.15, 0.2) is 23.3 Å². The van der Waals surface area contributed by atoms with E-state index in [-0.39, 0.29) is 7.43 Å². The summed E-state index contributed by atoms with van der Waals surface area (Å²) in [6, 6.07) is -1.19. The molecule has 0 aromatic rings. The minimum absolute atomic E-state index is 0. The van der Waals surface area contributed by atoms with Crippen molar-refractivity contribution in [3.63, 3.8) is 0 Å². The first-order valence-corrected chi connectivity index (χ1v) is 4.76. The van der Waals surface area contributed by atoms with Gasteiger partial charge in [-0.05, 0) is 18.4 Å². The first kappa shape index (κ1) is 12.7. The number of amides is 1. The summed E-state index contributed by atoms with van der Waals surface area (Å²) < 4.78 is 30.1. The van der Waals surface area contributed by atoms with E-state index in [1.165, 1.54) is 12.3 Å². The Bertz CT molecular complexity index is 382. The normalized spacial score (nSPS) is 20.4. The summed E-state index contributed by atoms with van der Waals surface area (Å²) in [5.41, 5.74) is 4.90. The molecule has 1 aliphatic heterocycles. The average molecular weight is 220 g/mol. The van der Waals surface area contributed by atoms with Gasteiger partial charge in [0.05, 0.1) is 0 Å². The summed E-state index contributed by atoms with van der Waals surface area (Å²) in [5, 5.41) is 2.41. The largest absolute Gasteiger partial charge is 0.375 e. The number of rotatable bonds is 2. The maximum atomic E-state index is 10.7. The Hall–Kier alpha value is -1.34. The molecule has 0 saturated heterocycles. The van der Waals surface area contributed by atoms with Crippen LogP contribution in [0, 0.1) is 0 Å². The second kappa shape index (κ2) is 4.25. The van der Waals surface area contributed by atoms with Gasteiger partial charge in [-0.2, -0.15) is 8.42 Å². The molecular weight excluding hydrogens is 208 g/mol. The van der Waals surface area contributed by atoms with Gasteiger partial charge in [0, 0.05) is 0 Å². The molecule has 0 bridgehead atoms. The summed E-state index contributed by atoms with van der Waals surface area (Å²) in [4.78, 5) is 10.3. The molecule has 1 atom stereocenters. The summed E-state index contributed by atoms with van der Waals surface area (Å²) in [6.07, 6.45) is 3.83. The Balaban J connectivity index is 0.00000169. The van der Waals surface area contributed by atoms with Gasteiger partial charge in [-0.25, -0.2) is 0 Å². The number of allylic oxidation sites excluding steroid dienone is 2. The van der Waals surface area contributed by atoms with E-state index >= 15 is 0 Å². The molecule has 14 heavy (non-hydrogen) atoms. The molecule has 0 aliphatic carbocycles. The Kier molecular flexibility index (Phi) is 3.84. The summed E-state index contributed by atoms with van der Waals surface area (Å²) in [6.45, 7) is 0. The third-order valence-corrected chi connectivity index (χ3v) is 2.45. The lowest BCUT2D eigenvalue weighted by Crippen LogP contribution is -2.43. The van der Waals surface area contributed by atoms with Crippen molar-refractivity contribution in [2.45, 2.75) is 13.5 Å². The lowest BCUT2D eigenvalue weighted by molar-refractivity contribution is -0.118. The number of dihydropyridines is 1. The molecule has 1 amide bonds. The molecule has 1 aliphatic rings. The third-order valence-electron chi connectivity index (χ3n) is 1.49. The smallest absolute Gasteiger partial charge is 0.293 e. The molecule has 0 saturated carbocycles. The topological polar surface area (TPSA) is 109 Å². The fourth-order valence-corrected chi connectivity index (χ4v) is 1.66. The Labute approximate surface area is 82.2 Å². The number of carbonyl (C=O) groups excluding carboxylic acids is 1. The molecule has 0 radical (unpaired) electrons. The van der Waals surface area contributed by atoms with Gasteiger partial charge in [-0.15, -0.1) is 0 Å². The van der Waals surface area contributed by atoms with Gasteiger partial charge in [-0.1, -0.05) is 7.43 Å². The van der Waals surface area contributed by atoms with Crippen LogP contribution in [0.3, 0.4) is 0 Å². The van der Waals surface area contributed by atoms with Gasteiger partial charge in [0.1, 0.15) is 10.9 Å². The van der Waals surface area contributed by atoms with Crippen molar-refractivity contribution in [3.05, 3.63) is 23.3 Å². The van der Waals surface area contributed by atoms with Gasteiger partial charge >= 0.3 is 0 Å². The van der Waals surface area contributed by atoms with Gasteiger partial charge in [-0.3, -0.25) is 9.35 Å². The molecule has 1 heterocycles. The zero-order valence-corrected chi connectivity index (χ0v) is 7.28. The van der Waals surface area contributed by atoms with E-state index in [1.54, 1.807) is 0 Å². The van der Waals surface area contributed by atoms with Crippen LogP contribution in [0.1, 0.15) is 7.43 Å². The highest BCUT2D eigenvalue weighted by Crippen LogP contribution is 2.13. The van der Waals surface area contributed by atoms with E-state index in [0.29, 0.717) is 0 Å². The summed E-state index contributed by atoms with van der Waals surface area (Å²) >= 11 is 0. The number of nitrogens with two attached hydrogens (primary N) is 1. The first-order valence-electron chi connectivity index (χ1n) is 3.32. The Morgan fingerprint density at radius 3 is 2.50 bits per heavy atom. The minimum Gasteiger partial charge on any atom is -0.375 e. The van der Waals surface area contributed by atoms with Gasteiger partial charge in [0.15, 0.2) is 0 Å². The van der Waals surface area contributed by atoms with Crippen LogP contribution < -0.4 is 11.1 Å². The predicted octanol–water partition coefficient (Wildman–Crippen LogP) is -0.635. The lowest BCUT2D eigenvalue weighted by Gasteiger charge is -2.17. The molecule has 0 fully saturated rings. The molecule has 0 spiro atoms. The highest BCUT2D eigenvalue weighted by atomic mass is 32.2. The van der Waals surface area contributed by atoms with Crippen LogP contribution in [0.2, 0.25) is 0 Å². The second-order valence-electron chi connectivity index (χ2n) is 2.41. The van der Waals surface area contributed by atoms with Crippen molar-refractivity contribution in [2.24, 2.45) is 5.73 Å². The lowest BCUT2D eigenvalue weighted by atomic mass is 10.2. The van der Waals surface area contributed by atoms with Crippen molar-refractivity contribution in [1.82, 2.24) is 5.32 Å². The quantitative estimate of drug-likeness (QED) is 0.536. The number of primary amides is 1. The fourth-order valence-electron chi connectivity index (χ4n) is 0.930. The SMILES string of the molecule is C.NC(=O)C1NC=CC=C1S(=O)(=O)O. The van der Waals surface area contributed by atoms with Gasteiger partial charge in [0.2, 0.25) is 5.91 Å². The van der Waals surface area contributed by atoms with Gasteiger partial charge < -0.3 is 11.1 Å². The molecule has 80 valence electrons. The molecule has 4 N–H and O–H groups in total. The number of carbonyl (C=O) groups is 1. The maximum absolute atomic E-state index is 10.7. The molecule has 0 aromatic carbocycles. The molecule has 7 heteroatoms. The van der Waals surface area contributed by atoms with Crippen molar-refractivity contribution < 1.29 is 17.8 Å². The predicted molar refractivity (Wildman–Crippen MR) is 51.6 cm³/mol. The van der Waals surface area contributed by atoms with E-state index in [2.05, 4.69) is 5.32 Å². The van der Waals surface area contributed by atoms with E-state index in [1.807, 2.05) is 0 Å². The van der Waals surface area contributed by atoms with Crippen molar-refractivity contribution >= 4 is 16.0 Å². The zero-order chi connectivity index (χ0) is 10.1. The van der Waals surface area contributed by atoms with Crippen molar-refractivity contribution in [1.29, 1.82) is 0 Å².